The topological polar surface area (TPSA) is 46.1 Å². The molecule has 1 spiro atoms. The van der Waals surface area contributed by atoms with Gasteiger partial charge in [0.1, 0.15) is 17.3 Å². The predicted molar refractivity (Wildman–Crippen MR) is 95.6 cm³/mol. The zero-order valence-electron chi connectivity index (χ0n) is 14.3. The van der Waals surface area contributed by atoms with Gasteiger partial charge in [0, 0.05) is 11.5 Å². The van der Waals surface area contributed by atoms with Gasteiger partial charge in [0.15, 0.2) is 5.84 Å². The Morgan fingerprint density at radius 3 is 2.31 bits per heavy atom. The third-order valence-electron chi connectivity index (χ3n) is 5.48. The Kier molecular flexibility index (Phi) is 3.69. The number of ether oxygens (including phenoxy) is 1. The van der Waals surface area contributed by atoms with Crippen molar-refractivity contribution in [1.82, 2.24) is 10.4 Å². The standard InChI is InChI=1S/C20H20FN3O2/c21-16-3-7-18(8-4-16)25-17-5-1-14(2-6-17)19-22-20(26-23-19)13-24-11-9-15(20)10-12-24/h1-8,15H,9-13H2,(H,22,23)/t20-/m1/s1. The molecule has 2 aromatic rings. The van der Waals surface area contributed by atoms with Crippen LogP contribution in [0.25, 0.3) is 0 Å². The minimum absolute atomic E-state index is 0.278. The summed E-state index contributed by atoms with van der Waals surface area (Å²) in [5.41, 5.74) is 3.56. The fourth-order valence-corrected chi connectivity index (χ4v) is 4.05. The van der Waals surface area contributed by atoms with Gasteiger partial charge in [0.25, 0.3) is 0 Å². The molecule has 1 N–H and O–H groups in total. The third-order valence-corrected chi connectivity index (χ3v) is 5.48. The first-order chi connectivity index (χ1) is 12.7. The molecule has 0 aromatic heterocycles. The van der Waals surface area contributed by atoms with Crippen molar-refractivity contribution in [2.75, 3.05) is 19.6 Å². The van der Waals surface area contributed by atoms with Crippen molar-refractivity contribution in [3.63, 3.8) is 0 Å². The van der Waals surface area contributed by atoms with Crippen molar-refractivity contribution in [3.05, 3.63) is 59.9 Å². The first-order valence-corrected chi connectivity index (χ1v) is 9.00. The molecule has 6 heteroatoms. The number of aliphatic imine (C=N–C) groups is 1. The first-order valence-electron chi connectivity index (χ1n) is 9.00. The van der Waals surface area contributed by atoms with Crippen molar-refractivity contribution in [1.29, 1.82) is 0 Å². The van der Waals surface area contributed by atoms with E-state index in [1.165, 1.54) is 12.1 Å². The number of amidine groups is 1. The molecule has 0 aliphatic carbocycles. The van der Waals surface area contributed by atoms with Crippen LogP contribution in [0.5, 0.6) is 11.5 Å². The Bertz CT molecular complexity index is 829. The molecule has 3 saturated heterocycles. The molecule has 0 saturated carbocycles. The van der Waals surface area contributed by atoms with Crippen LogP contribution in [-0.2, 0) is 4.84 Å². The van der Waals surface area contributed by atoms with E-state index in [1.54, 1.807) is 12.1 Å². The lowest BCUT2D eigenvalue weighted by Crippen LogP contribution is -2.58. The van der Waals surface area contributed by atoms with E-state index in [1.807, 2.05) is 24.3 Å². The van der Waals surface area contributed by atoms with E-state index in [2.05, 4.69) is 10.4 Å². The van der Waals surface area contributed by atoms with Crippen LogP contribution in [0.1, 0.15) is 18.4 Å². The van der Waals surface area contributed by atoms with Gasteiger partial charge in [-0.05, 0) is 74.5 Å². The summed E-state index contributed by atoms with van der Waals surface area (Å²) in [6.07, 6.45) is 2.28. The summed E-state index contributed by atoms with van der Waals surface area (Å²) in [5, 5.41) is 0. The molecule has 4 heterocycles. The van der Waals surface area contributed by atoms with Crippen LogP contribution in [0.4, 0.5) is 4.39 Å². The maximum atomic E-state index is 13.0. The Labute approximate surface area is 151 Å². The highest BCUT2D eigenvalue weighted by Gasteiger charge is 2.51. The van der Waals surface area contributed by atoms with E-state index in [-0.39, 0.29) is 5.82 Å². The molecular weight excluding hydrogens is 333 g/mol. The number of nitrogens with one attached hydrogen (secondary N) is 1. The summed E-state index contributed by atoms with van der Waals surface area (Å²) in [7, 11) is 0. The summed E-state index contributed by atoms with van der Waals surface area (Å²) < 4.78 is 18.7. The van der Waals surface area contributed by atoms with Crippen molar-refractivity contribution in [2.45, 2.75) is 18.6 Å². The van der Waals surface area contributed by atoms with Crippen molar-refractivity contribution < 1.29 is 14.0 Å². The van der Waals surface area contributed by atoms with Crippen LogP contribution in [-0.4, -0.2) is 36.1 Å². The maximum Gasteiger partial charge on any atom is 0.202 e. The molecule has 134 valence electrons. The van der Waals surface area contributed by atoms with Gasteiger partial charge in [-0.1, -0.05) is 0 Å². The molecule has 1 atom stereocenters. The highest BCUT2D eigenvalue weighted by atomic mass is 19.1. The average molecular weight is 353 g/mol. The minimum Gasteiger partial charge on any atom is -0.457 e. The fourth-order valence-electron chi connectivity index (χ4n) is 4.05. The molecule has 4 aliphatic rings. The maximum absolute atomic E-state index is 13.0. The number of benzene rings is 2. The van der Waals surface area contributed by atoms with Gasteiger partial charge in [-0.25, -0.2) is 19.7 Å². The molecule has 6 rings (SSSR count). The molecule has 5 nitrogen and oxygen atoms in total. The minimum atomic E-state index is -0.435. The van der Waals surface area contributed by atoms with Gasteiger partial charge in [0.2, 0.25) is 5.72 Å². The molecule has 0 amide bonds. The molecule has 0 radical (unpaired) electrons. The van der Waals surface area contributed by atoms with E-state index in [9.17, 15) is 4.39 Å². The lowest BCUT2D eigenvalue weighted by Gasteiger charge is -2.47. The van der Waals surface area contributed by atoms with Gasteiger partial charge >= 0.3 is 0 Å². The van der Waals surface area contributed by atoms with E-state index in [4.69, 9.17) is 14.6 Å². The second kappa shape index (κ2) is 6.07. The Morgan fingerprint density at radius 1 is 1.04 bits per heavy atom. The van der Waals surface area contributed by atoms with Crippen LogP contribution >= 0.6 is 0 Å². The zero-order valence-corrected chi connectivity index (χ0v) is 14.3. The molecule has 0 unspecified atom stereocenters. The fraction of sp³-hybridized carbons (Fsp3) is 0.350. The summed E-state index contributed by atoms with van der Waals surface area (Å²) in [6.45, 7) is 3.16. The number of hydroxylamine groups is 1. The first kappa shape index (κ1) is 15.8. The van der Waals surface area contributed by atoms with Gasteiger partial charge in [-0.3, -0.25) is 4.90 Å². The summed E-state index contributed by atoms with van der Waals surface area (Å²) in [6, 6.07) is 13.6. The molecule has 2 bridgehead atoms. The summed E-state index contributed by atoms with van der Waals surface area (Å²) in [5.74, 6) is 2.27. The number of fused-ring (bicyclic) bond motifs is 2. The van der Waals surface area contributed by atoms with E-state index in [0.717, 1.165) is 43.9 Å². The molecule has 4 aliphatic heterocycles. The smallest absolute Gasteiger partial charge is 0.202 e. The van der Waals surface area contributed by atoms with E-state index < -0.39 is 5.72 Å². The number of halogens is 1. The van der Waals surface area contributed by atoms with Crippen LogP contribution in [0.2, 0.25) is 0 Å². The number of hydrogen-bond donors (Lipinski definition) is 1. The van der Waals surface area contributed by atoms with Gasteiger partial charge in [0.05, 0.1) is 6.54 Å². The number of nitrogens with zero attached hydrogens (tertiary/aromatic N) is 2. The molecule has 26 heavy (non-hydrogen) atoms. The highest BCUT2D eigenvalue weighted by molar-refractivity contribution is 5.99. The Balaban J connectivity index is 1.33. The van der Waals surface area contributed by atoms with Gasteiger partial charge < -0.3 is 4.74 Å². The van der Waals surface area contributed by atoms with Crippen molar-refractivity contribution >= 4 is 5.84 Å². The van der Waals surface area contributed by atoms with Crippen LogP contribution in [0.15, 0.2) is 53.5 Å². The lowest BCUT2D eigenvalue weighted by atomic mass is 9.81. The average Bonchev–Trinajstić information content (AvgIpc) is 3.09. The molecule has 2 aromatic carbocycles. The Hall–Kier alpha value is -2.44. The Morgan fingerprint density at radius 2 is 1.69 bits per heavy atom. The quantitative estimate of drug-likeness (QED) is 0.920. The second-order valence-electron chi connectivity index (χ2n) is 7.14. The van der Waals surface area contributed by atoms with Gasteiger partial charge in [-0.2, -0.15) is 0 Å². The molecule has 3 fully saturated rings. The van der Waals surface area contributed by atoms with Crippen LogP contribution in [0, 0.1) is 11.7 Å². The number of piperidine rings is 3. The largest absolute Gasteiger partial charge is 0.457 e. The van der Waals surface area contributed by atoms with Gasteiger partial charge in [-0.15, -0.1) is 0 Å². The zero-order chi connectivity index (χ0) is 17.6. The third kappa shape index (κ3) is 2.75. The summed E-state index contributed by atoms with van der Waals surface area (Å²) >= 11 is 0. The van der Waals surface area contributed by atoms with E-state index >= 15 is 0 Å². The summed E-state index contributed by atoms with van der Waals surface area (Å²) in [4.78, 5) is 13.3. The van der Waals surface area contributed by atoms with Crippen LogP contribution in [0.3, 0.4) is 0 Å². The number of hydrogen-bond acceptors (Lipinski definition) is 5. The monoisotopic (exact) mass is 353 g/mol. The van der Waals surface area contributed by atoms with E-state index in [0.29, 0.717) is 17.4 Å². The van der Waals surface area contributed by atoms with Crippen molar-refractivity contribution in [3.8, 4) is 11.5 Å². The molecular formula is C20H20FN3O2. The number of rotatable bonds is 3. The second-order valence-corrected chi connectivity index (χ2v) is 7.14. The van der Waals surface area contributed by atoms with Crippen molar-refractivity contribution in [2.24, 2.45) is 10.9 Å². The predicted octanol–water partition coefficient (Wildman–Crippen LogP) is 3.32. The van der Waals surface area contributed by atoms with Crippen LogP contribution < -0.4 is 10.2 Å². The SMILES string of the molecule is Fc1ccc(Oc2ccc(C3=N[C@]4(CN5CCC4CC5)ON3)cc2)cc1. The lowest BCUT2D eigenvalue weighted by molar-refractivity contribution is -0.155. The highest BCUT2D eigenvalue weighted by Crippen LogP contribution is 2.41. The normalized spacial score (nSPS) is 29.5.